The van der Waals surface area contributed by atoms with Crippen molar-refractivity contribution in [3.63, 3.8) is 0 Å². The average Bonchev–Trinajstić information content (AvgIpc) is 3.04. The minimum Gasteiger partial charge on any atom is -0.383 e. The first-order valence-electron chi connectivity index (χ1n) is 5.56. The SMILES string of the molecule is CCCc1c(N)ncnc1N(C)C1CC1. The molecule has 4 nitrogen and oxygen atoms in total. The number of hydrogen-bond acceptors (Lipinski definition) is 4. The summed E-state index contributed by atoms with van der Waals surface area (Å²) in [5.41, 5.74) is 6.99. The minimum atomic E-state index is 0.634. The summed E-state index contributed by atoms with van der Waals surface area (Å²) in [7, 11) is 2.10. The molecular formula is C11H18N4. The fourth-order valence-electron chi connectivity index (χ4n) is 1.84. The predicted molar refractivity (Wildman–Crippen MR) is 61.9 cm³/mol. The number of rotatable bonds is 4. The predicted octanol–water partition coefficient (Wildman–Crippen LogP) is 1.61. The van der Waals surface area contributed by atoms with Gasteiger partial charge in [0.2, 0.25) is 0 Å². The van der Waals surface area contributed by atoms with Gasteiger partial charge in [0.15, 0.2) is 0 Å². The van der Waals surface area contributed by atoms with Crippen molar-refractivity contribution < 1.29 is 0 Å². The van der Waals surface area contributed by atoms with Crippen molar-refractivity contribution in [3.05, 3.63) is 11.9 Å². The normalized spacial score (nSPS) is 15.3. The largest absolute Gasteiger partial charge is 0.383 e. The first-order valence-corrected chi connectivity index (χ1v) is 5.56. The van der Waals surface area contributed by atoms with E-state index in [2.05, 4.69) is 28.8 Å². The van der Waals surface area contributed by atoms with Crippen molar-refractivity contribution in [1.82, 2.24) is 9.97 Å². The topological polar surface area (TPSA) is 55.0 Å². The Hall–Kier alpha value is -1.32. The number of anilines is 2. The van der Waals surface area contributed by atoms with Gasteiger partial charge in [-0.25, -0.2) is 9.97 Å². The first kappa shape index (κ1) is 10.2. The number of nitrogens with two attached hydrogens (primary N) is 1. The molecule has 0 aromatic carbocycles. The van der Waals surface area contributed by atoms with Crippen molar-refractivity contribution in [1.29, 1.82) is 0 Å². The van der Waals surface area contributed by atoms with Gasteiger partial charge < -0.3 is 10.6 Å². The van der Waals surface area contributed by atoms with E-state index < -0.39 is 0 Å². The van der Waals surface area contributed by atoms with Crippen molar-refractivity contribution in [3.8, 4) is 0 Å². The Morgan fingerprint density at radius 3 is 2.80 bits per heavy atom. The second-order valence-corrected chi connectivity index (χ2v) is 4.15. The highest BCUT2D eigenvalue weighted by Gasteiger charge is 2.28. The van der Waals surface area contributed by atoms with E-state index >= 15 is 0 Å². The third-order valence-corrected chi connectivity index (χ3v) is 2.88. The summed E-state index contributed by atoms with van der Waals surface area (Å²) >= 11 is 0. The molecule has 4 heteroatoms. The second kappa shape index (κ2) is 4.04. The maximum Gasteiger partial charge on any atom is 0.137 e. The maximum atomic E-state index is 5.89. The molecule has 2 rings (SSSR count). The number of nitrogen functional groups attached to an aromatic ring is 1. The molecule has 1 saturated carbocycles. The monoisotopic (exact) mass is 206 g/mol. The van der Waals surface area contributed by atoms with Crippen LogP contribution in [0.25, 0.3) is 0 Å². The molecule has 0 amide bonds. The zero-order chi connectivity index (χ0) is 10.8. The lowest BCUT2D eigenvalue weighted by Gasteiger charge is -2.20. The van der Waals surface area contributed by atoms with Crippen molar-refractivity contribution in [2.45, 2.75) is 38.6 Å². The van der Waals surface area contributed by atoms with Gasteiger partial charge in [-0.2, -0.15) is 0 Å². The highest BCUT2D eigenvalue weighted by Crippen LogP contribution is 2.32. The Balaban J connectivity index is 2.31. The molecule has 1 aromatic rings. The van der Waals surface area contributed by atoms with Gasteiger partial charge in [-0.05, 0) is 19.3 Å². The lowest BCUT2D eigenvalue weighted by Crippen LogP contribution is -2.23. The van der Waals surface area contributed by atoms with E-state index in [1.165, 1.54) is 12.8 Å². The Bertz CT molecular complexity index is 346. The molecule has 0 saturated heterocycles. The van der Waals surface area contributed by atoms with Gasteiger partial charge in [0.1, 0.15) is 18.0 Å². The fourth-order valence-corrected chi connectivity index (χ4v) is 1.84. The zero-order valence-electron chi connectivity index (χ0n) is 9.40. The molecule has 1 aliphatic rings. The third kappa shape index (κ3) is 2.03. The Morgan fingerprint density at radius 1 is 1.47 bits per heavy atom. The lowest BCUT2D eigenvalue weighted by atomic mass is 10.1. The molecule has 0 atom stereocenters. The fraction of sp³-hybridized carbons (Fsp3) is 0.636. The average molecular weight is 206 g/mol. The highest BCUT2D eigenvalue weighted by molar-refractivity contribution is 5.57. The van der Waals surface area contributed by atoms with E-state index in [1.54, 1.807) is 6.33 Å². The quantitative estimate of drug-likeness (QED) is 0.813. The van der Waals surface area contributed by atoms with Crippen LogP contribution >= 0.6 is 0 Å². The summed E-state index contributed by atoms with van der Waals surface area (Å²) in [6, 6.07) is 0.662. The highest BCUT2D eigenvalue weighted by atomic mass is 15.2. The van der Waals surface area contributed by atoms with Crippen LogP contribution in [0.15, 0.2) is 6.33 Å². The van der Waals surface area contributed by atoms with E-state index in [9.17, 15) is 0 Å². The van der Waals surface area contributed by atoms with Crippen LogP contribution in [0.5, 0.6) is 0 Å². The molecule has 1 aliphatic carbocycles. The molecule has 0 radical (unpaired) electrons. The van der Waals surface area contributed by atoms with E-state index in [-0.39, 0.29) is 0 Å². The smallest absolute Gasteiger partial charge is 0.137 e. The Morgan fingerprint density at radius 2 is 2.20 bits per heavy atom. The van der Waals surface area contributed by atoms with Crippen LogP contribution in [-0.4, -0.2) is 23.1 Å². The van der Waals surface area contributed by atoms with E-state index in [4.69, 9.17) is 5.73 Å². The van der Waals surface area contributed by atoms with Crippen LogP contribution in [0, 0.1) is 0 Å². The summed E-state index contributed by atoms with van der Waals surface area (Å²) in [4.78, 5) is 10.7. The second-order valence-electron chi connectivity index (χ2n) is 4.15. The number of aromatic nitrogens is 2. The Kier molecular flexibility index (Phi) is 2.75. The molecule has 15 heavy (non-hydrogen) atoms. The summed E-state index contributed by atoms with van der Waals surface area (Å²) in [6.07, 6.45) is 6.13. The van der Waals surface area contributed by atoms with Gasteiger partial charge in [0.25, 0.3) is 0 Å². The molecule has 0 unspecified atom stereocenters. The summed E-state index contributed by atoms with van der Waals surface area (Å²) < 4.78 is 0. The van der Waals surface area contributed by atoms with E-state index in [1.807, 2.05) is 0 Å². The van der Waals surface area contributed by atoms with Crippen molar-refractivity contribution in [2.24, 2.45) is 0 Å². The zero-order valence-corrected chi connectivity index (χ0v) is 9.40. The van der Waals surface area contributed by atoms with Crippen LogP contribution in [0.1, 0.15) is 31.7 Å². The summed E-state index contributed by atoms with van der Waals surface area (Å²) in [6.45, 7) is 2.15. The molecule has 0 aliphatic heterocycles. The number of nitrogens with zero attached hydrogens (tertiary/aromatic N) is 3. The third-order valence-electron chi connectivity index (χ3n) is 2.88. The first-order chi connectivity index (χ1) is 7.24. The van der Waals surface area contributed by atoms with Gasteiger partial charge in [0, 0.05) is 18.7 Å². The van der Waals surface area contributed by atoms with Crippen molar-refractivity contribution >= 4 is 11.6 Å². The molecule has 1 aromatic heterocycles. The Labute approximate surface area is 90.5 Å². The van der Waals surface area contributed by atoms with Gasteiger partial charge in [-0.15, -0.1) is 0 Å². The minimum absolute atomic E-state index is 0.634. The van der Waals surface area contributed by atoms with Crippen LogP contribution in [-0.2, 0) is 6.42 Å². The van der Waals surface area contributed by atoms with Gasteiger partial charge in [0.05, 0.1) is 0 Å². The molecule has 2 N–H and O–H groups in total. The van der Waals surface area contributed by atoms with Gasteiger partial charge in [-0.1, -0.05) is 13.3 Å². The van der Waals surface area contributed by atoms with Gasteiger partial charge >= 0.3 is 0 Å². The summed E-state index contributed by atoms with van der Waals surface area (Å²) in [5.74, 6) is 1.65. The standard InChI is InChI=1S/C11H18N4/c1-3-4-9-10(12)13-7-14-11(9)15(2)8-5-6-8/h7-8H,3-6H2,1-2H3,(H2,12,13,14). The van der Waals surface area contributed by atoms with Crippen LogP contribution in [0.3, 0.4) is 0 Å². The van der Waals surface area contributed by atoms with Crippen LogP contribution < -0.4 is 10.6 Å². The molecular weight excluding hydrogens is 188 g/mol. The maximum absolute atomic E-state index is 5.89. The lowest BCUT2D eigenvalue weighted by molar-refractivity contribution is 0.842. The van der Waals surface area contributed by atoms with E-state index in [0.717, 1.165) is 24.2 Å². The molecule has 0 bridgehead atoms. The molecule has 1 fully saturated rings. The number of hydrogen-bond donors (Lipinski definition) is 1. The van der Waals surface area contributed by atoms with Crippen molar-refractivity contribution in [2.75, 3.05) is 17.7 Å². The van der Waals surface area contributed by atoms with Gasteiger partial charge in [-0.3, -0.25) is 0 Å². The molecule has 0 spiro atoms. The van der Waals surface area contributed by atoms with Crippen LogP contribution in [0.2, 0.25) is 0 Å². The van der Waals surface area contributed by atoms with E-state index in [0.29, 0.717) is 11.9 Å². The van der Waals surface area contributed by atoms with Crippen LogP contribution in [0.4, 0.5) is 11.6 Å². The molecule has 1 heterocycles. The summed E-state index contributed by atoms with van der Waals surface area (Å²) in [5, 5.41) is 0. The molecule has 82 valence electrons.